The van der Waals surface area contributed by atoms with Crippen LogP contribution in [0.15, 0.2) is 0 Å². The molecule has 13 heavy (non-hydrogen) atoms. The molecule has 0 aromatic rings. The summed E-state index contributed by atoms with van der Waals surface area (Å²) in [6.07, 6.45) is 2.72. The first kappa shape index (κ1) is 12.9. The molecule has 0 fully saturated rings. The summed E-state index contributed by atoms with van der Waals surface area (Å²) in [5.41, 5.74) is 0. The summed E-state index contributed by atoms with van der Waals surface area (Å²) >= 11 is 0. The normalized spacial score (nSPS) is 16.2. The van der Waals surface area contributed by atoms with Crippen molar-refractivity contribution in [3.63, 3.8) is 0 Å². The third-order valence-electron chi connectivity index (χ3n) is 2.41. The second-order valence-electron chi connectivity index (χ2n) is 3.84. The number of nitrogens with one attached hydrogen (secondary N) is 1. The van der Waals surface area contributed by atoms with Crippen molar-refractivity contribution < 1.29 is 4.74 Å². The van der Waals surface area contributed by atoms with E-state index in [2.05, 4.69) is 33.0 Å². The van der Waals surface area contributed by atoms with E-state index in [4.69, 9.17) is 4.74 Å². The first-order chi connectivity index (χ1) is 6.17. The fraction of sp³-hybridized carbons (Fsp3) is 1.00. The van der Waals surface area contributed by atoms with Crippen LogP contribution in [0.4, 0.5) is 0 Å². The molecule has 0 aliphatic heterocycles. The van der Waals surface area contributed by atoms with Crippen molar-refractivity contribution in [2.75, 3.05) is 13.7 Å². The monoisotopic (exact) mass is 187 g/mol. The van der Waals surface area contributed by atoms with Crippen LogP contribution in [0.1, 0.15) is 40.5 Å². The van der Waals surface area contributed by atoms with E-state index in [9.17, 15) is 0 Å². The van der Waals surface area contributed by atoms with Crippen LogP contribution in [-0.4, -0.2) is 25.8 Å². The van der Waals surface area contributed by atoms with Gasteiger partial charge >= 0.3 is 0 Å². The fourth-order valence-electron chi connectivity index (χ4n) is 1.81. The predicted molar refractivity (Wildman–Crippen MR) is 58.0 cm³/mol. The van der Waals surface area contributed by atoms with Crippen molar-refractivity contribution in [3.05, 3.63) is 0 Å². The maximum Gasteiger partial charge on any atom is 0.0730 e. The van der Waals surface area contributed by atoms with E-state index in [-0.39, 0.29) is 0 Å². The highest BCUT2D eigenvalue weighted by Crippen LogP contribution is 2.14. The molecule has 2 atom stereocenters. The van der Waals surface area contributed by atoms with Crippen molar-refractivity contribution in [3.8, 4) is 0 Å². The van der Waals surface area contributed by atoms with E-state index in [1.165, 1.54) is 6.42 Å². The largest absolute Gasteiger partial charge is 0.377 e. The highest BCUT2D eigenvalue weighted by atomic mass is 16.5. The van der Waals surface area contributed by atoms with E-state index in [0.717, 1.165) is 13.0 Å². The van der Waals surface area contributed by atoms with Gasteiger partial charge in [0.05, 0.1) is 6.10 Å². The molecule has 0 saturated heterocycles. The van der Waals surface area contributed by atoms with Gasteiger partial charge in [-0.15, -0.1) is 0 Å². The molecule has 0 aromatic heterocycles. The van der Waals surface area contributed by atoms with Gasteiger partial charge in [0.15, 0.2) is 0 Å². The van der Waals surface area contributed by atoms with Crippen LogP contribution in [-0.2, 0) is 4.74 Å². The Bertz CT molecular complexity index is 109. The highest BCUT2D eigenvalue weighted by molar-refractivity contribution is 4.78. The van der Waals surface area contributed by atoms with Crippen LogP contribution < -0.4 is 5.32 Å². The van der Waals surface area contributed by atoms with Crippen LogP contribution >= 0.6 is 0 Å². The SMILES string of the molecule is CCCC(OCC)C(NC)C(C)C. The molecule has 0 amide bonds. The van der Waals surface area contributed by atoms with E-state index in [1.54, 1.807) is 0 Å². The van der Waals surface area contributed by atoms with Crippen LogP contribution in [0, 0.1) is 5.92 Å². The number of hydrogen-bond donors (Lipinski definition) is 1. The summed E-state index contributed by atoms with van der Waals surface area (Å²) in [5, 5.41) is 3.35. The molecule has 2 unspecified atom stereocenters. The van der Waals surface area contributed by atoms with E-state index in [0.29, 0.717) is 18.1 Å². The van der Waals surface area contributed by atoms with Gasteiger partial charge in [-0.1, -0.05) is 27.2 Å². The first-order valence-corrected chi connectivity index (χ1v) is 5.46. The molecule has 0 saturated carbocycles. The zero-order valence-corrected chi connectivity index (χ0v) is 9.76. The molecule has 0 aliphatic rings. The van der Waals surface area contributed by atoms with Gasteiger partial charge in [0.1, 0.15) is 0 Å². The van der Waals surface area contributed by atoms with Gasteiger partial charge in [0.25, 0.3) is 0 Å². The highest BCUT2D eigenvalue weighted by Gasteiger charge is 2.22. The Hall–Kier alpha value is -0.0800. The topological polar surface area (TPSA) is 21.3 Å². The van der Waals surface area contributed by atoms with Crippen molar-refractivity contribution in [2.24, 2.45) is 5.92 Å². The van der Waals surface area contributed by atoms with Gasteiger partial charge in [0.2, 0.25) is 0 Å². The van der Waals surface area contributed by atoms with Gasteiger partial charge < -0.3 is 10.1 Å². The summed E-state index contributed by atoms with van der Waals surface area (Å²) in [6, 6.07) is 0.486. The number of ether oxygens (including phenoxy) is 1. The zero-order valence-electron chi connectivity index (χ0n) is 9.76. The lowest BCUT2D eigenvalue weighted by Gasteiger charge is -2.29. The van der Waals surface area contributed by atoms with E-state index < -0.39 is 0 Å². The smallest absolute Gasteiger partial charge is 0.0730 e. The van der Waals surface area contributed by atoms with E-state index >= 15 is 0 Å². The Morgan fingerprint density at radius 2 is 1.85 bits per heavy atom. The maximum atomic E-state index is 5.73. The maximum absolute atomic E-state index is 5.73. The second-order valence-corrected chi connectivity index (χ2v) is 3.84. The minimum Gasteiger partial charge on any atom is -0.377 e. The Kier molecular flexibility index (Phi) is 7.29. The molecule has 0 aliphatic carbocycles. The van der Waals surface area contributed by atoms with Gasteiger partial charge in [-0.2, -0.15) is 0 Å². The Labute approximate surface area is 83.1 Å². The number of hydrogen-bond acceptors (Lipinski definition) is 2. The summed E-state index contributed by atoms with van der Waals surface area (Å²) in [4.78, 5) is 0. The summed E-state index contributed by atoms with van der Waals surface area (Å²) in [6.45, 7) is 9.57. The molecule has 0 radical (unpaired) electrons. The number of likely N-dealkylation sites (N-methyl/N-ethyl adjacent to an activating group) is 1. The molecular weight excluding hydrogens is 162 g/mol. The molecule has 0 aromatic carbocycles. The third-order valence-corrected chi connectivity index (χ3v) is 2.41. The molecule has 0 spiro atoms. The minimum absolute atomic E-state index is 0.375. The molecule has 0 bridgehead atoms. The van der Waals surface area contributed by atoms with Gasteiger partial charge in [-0.05, 0) is 26.3 Å². The zero-order chi connectivity index (χ0) is 10.3. The van der Waals surface area contributed by atoms with Crippen LogP contribution in [0.3, 0.4) is 0 Å². The lowest BCUT2D eigenvalue weighted by atomic mass is 9.95. The molecule has 2 nitrogen and oxygen atoms in total. The quantitative estimate of drug-likeness (QED) is 0.661. The predicted octanol–water partition coefficient (Wildman–Crippen LogP) is 2.44. The minimum atomic E-state index is 0.375. The molecular formula is C11H25NO. The molecule has 80 valence electrons. The third kappa shape index (κ3) is 4.63. The molecule has 2 heteroatoms. The van der Waals surface area contributed by atoms with Crippen molar-refractivity contribution in [1.82, 2.24) is 5.32 Å². The van der Waals surface area contributed by atoms with Crippen molar-refractivity contribution in [1.29, 1.82) is 0 Å². The number of rotatable bonds is 7. The Balaban J connectivity index is 4.11. The Morgan fingerprint density at radius 3 is 2.15 bits per heavy atom. The standard InChI is InChI=1S/C11H25NO/c1-6-8-10(13-7-2)11(12-5)9(3)4/h9-12H,6-8H2,1-5H3. The van der Waals surface area contributed by atoms with Gasteiger partial charge in [-0.25, -0.2) is 0 Å². The van der Waals surface area contributed by atoms with Gasteiger partial charge in [0, 0.05) is 12.6 Å². The first-order valence-electron chi connectivity index (χ1n) is 5.46. The molecule has 1 N–H and O–H groups in total. The lowest BCUT2D eigenvalue weighted by molar-refractivity contribution is 0.0181. The van der Waals surface area contributed by atoms with Crippen LogP contribution in [0.25, 0.3) is 0 Å². The average Bonchev–Trinajstić information content (AvgIpc) is 2.05. The summed E-state index contributed by atoms with van der Waals surface area (Å²) in [7, 11) is 2.02. The average molecular weight is 187 g/mol. The fourth-order valence-corrected chi connectivity index (χ4v) is 1.81. The van der Waals surface area contributed by atoms with Crippen LogP contribution in [0.5, 0.6) is 0 Å². The second kappa shape index (κ2) is 7.34. The lowest BCUT2D eigenvalue weighted by Crippen LogP contribution is -2.43. The van der Waals surface area contributed by atoms with Crippen LogP contribution in [0.2, 0.25) is 0 Å². The Morgan fingerprint density at radius 1 is 1.23 bits per heavy atom. The van der Waals surface area contributed by atoms with Gasteiger partial charge in [-0.3, -0.25) is 0 Å². The molecule has 0 heterocycles. The summed E-state index contributed by atoms with van der Waals surface area (Å²) < 4.78 is 5.73. The molecule has 0 rings (SSSR count). The van der Waals surface area contributed by atoms with Crippen molar-refractivity contribution in [2.45, 2.75) is 52.7 Å². The summed E-state index contributed by atoms with van der Waals surface area (Å²) in [5.74, 6) is 0.632. The van der Waals surface area contributed by atoms with E-state index in [1.807, 2.05) is 7.05 Å². The van der Waals surface area contributed by atoms with Crippen molar-refractivity contribution >= 4 is 0 Å².